The molecular weight excluding hydrogens is 394 g/mol. The van der Waals surface area contributed by atoms with Gasteiger partial charge in [0.25, 0.3) is 0 Å². The van der Waals surface area contributed by atoms with Crippen LogP contribution in [0.15, 0.2) is 47.3 Å². The molecule has 1 saturated heterocycles. The van der Waals surface area contributed by atoms with Gasteiger partial charge in [-0.3, -0.25) is 13.9 Å². The van der Waals surface area contributed by atoms with E-state index in [1.165, 1.54) is 0 Å². The summed E-state index contributed by atoms with van der Waals surface area (Å²) < 4.78 is 14.7. The van der Waals surface area contributed by atoms with Crippen molar-refractivity contribution in [1.29, 1.82) is 0 Å². The fourth-order valence-corrected chi connectivity index (χ4v) is 4.77. The van der Waals surface area contributed by atoms with Gasteiger partial charge in [-0.1, -0.05) is 25.1 Å². The Labute approximate surface area is 180 Å². The number of hydrogen-bond acceptors (Lipinski definition) is 4. The molecule has 0 radical (unpaired) electrons. The van der Waals surface area contributed by atoms with Gasteiger partial charge in [-0.25, -0.2) is 4.79 Å². The quantitative estimate of drug-likeness (QED) is 0.634. The van der Waals surface area contributed by atoms with E-state index in [9.17, 15) is 9.59 Å². The predicted octanol–water partition coefficient (Wildman–Crippen LogP) is 3.35. The number of benzene rings is 2. The summed E-state index contributed by atoms with van der Waals surface area (Å²) in [6.45, 7) is 4.53. The van der Waals surface area contributed by atoms with E-state index in [1.807, 2.05) is 54.3 Å². The standard InChI is InChI=1S/C24H27N3O4/c1-2-11-26-19-6-3-4-7-20(19)27(24(26)29)16-23(28)25-12-5-8-18(25)17-9-10-21-22(15-17)31-14-13-30-21/h3-4,6-7,9-10,15,18H,2,5,8,11-14,16H2,1H3/t18-/m0/s1. The van der Waals surface area contributed by atoms with Gasteiger partial charge in [0.2, 0.25) is 5.91 Å². The van der Waals surface area contributed by atoms with Crippen molar-refractivity contribution in [3.63, 3.8) is 0 Å². The van der Waals surface area contributed by atoms with Crippen LogP contribution < -0.4 is 15.2 Å². The molecule has 162 valence electrons. The average molecular weight is 421 g/mol. The van der Waals surface area contributed by atoms with Crippen LogP contribution in [0.3, 0.4) is 0 Å². The van der Waals surface area contributed by atoms with E-state index in [1.54, 1.807) is 9.13 Å². The number of nitrogens with zero attached hydrogens (tertiary/aromatic N) is 3. The molecule has 0 N–H and O–H groups in total. The molecule has 7 nitrogen and oxygen atoms in total. The molecule has 3 aromatic rings. The maximum Gasteiger partial charge on any atom is 0.329 e. The Kier molecular flexibility index (Phi) is 5.18. The second-order valence-electron chi connectivity index (χ2n) is 8.16. The van der Waals surface area contributed by atoms with E-state index < -0.39 is 0 Å². The predicted molar refractivity (Wildman–Crippen MR) is 118 cm³/mol. The van der Waals surface area contributed by atoms with Crippen molar-refractivity contribution < 1.29 is 14.3 Å². The number of carbonyl (C=O) groups excluding carboxylic acids is 1. The van der Waals surface area contributed by atoms with Crippen LogP contribution in [0.1, 0.15) is 37.8 Å². The van der Waals surface area contributed by atoms with Gasteiger partial charge in [0, 0.05) is 13.1 Å². The molecule has 3 heterocycles. The Morgan fingerprint density at radius 3 is 2.55 bits per heavy atom. The minimum absolute atomic E-state index is 0.0111. The van der Waals surface area contributed by atoms with Crippen molar-refractivity contribution in [2.24, 2.45) is 0 Å². The van der Waals surface area contributed by atoms with Crippen LogP contribution in [-0.4, -0.2) is 39.7 Å². The van der Waals surface area contributed by atoms with Crippen molar-refractivity contribution in [3.8, 4) is 11.5 Å². The fraction of sp³-hybridized carbons (Fsp3) is 0.417. The van der Waals surface area contributed by atoms with E-state index in [0.717, 1.165) is 47.4 Å². The lowest BCUT2D eigenvalue weighted by molar-refractivity contribution is -0.132. The maximum absolute atomic E-state index is 13.4. The summed E-state index contributed by atoms with van der Waals surface area (Å²) in [4.78, 5) is 28.3. The Balaban J connectivity index is 1.43. The lowest BCUT2D eigenvalue weighted by Crippen LogP contribution is -2.36. The monoisotopic (exact) mass is 421 g/mol. The molecular formula is C24H27N3O4. The van der Waals surface area contributed by atoms with Gasteiger partial charge in [-0.05, 0) is 49.1 Å². The highest BCUT2D eigenvalue weighted by molar-refractivity contribution is 5.81. The smallest absolute Gasteiger partial charge is 0.329 e. The number of rotatable bonds is 5. The van der Waals surface area contributed by atoms with Crippen LogP contribution >= 0.6 is 0 Å². The Morgan fingerprint density at radius 2 is 1.77 bits per heavy atom. The van der Waals surface area contributed by atoms with Crippen molar-refractivity contribution in [2.45, 2.75) is 45.3 Å². The van der Waals surface area contributed by atoms with E-state index in [2.05, 4.69) is 0 Å². The van der Waals surface area contributed by atoms with Crippen molar-refractivity contribution in [3.05, 3.63) is 58.5 Å². The first kappa shape index (κ1) is 19.7. The maximum atomic E-state index is 13.4. The number of imidazole rings is 1. The minimum Gasteiger partial charge on any atom is -0.486 e. The van der Waals surface area contributed by atoms with Crippen molar-refractivity contribution in [1.82, 2.24) is 14.0 Å². The number of para-hydroxylation sites is 2. The molecule has 31 heavy (non-hydrogen) atoms. The number of aryl methyl sites for hydroxylation is 1. The van der Waals surface area contributed by atoms with E-state index >= 15 is 0 Å². The third kappa shape index (κ3) is 3.48. The molecule has 0 spiro atoms. The molecule has 7 heteroatoms. The third-order valence-corrected chi connectivity index (χ3v) is 6.19. The summed E-state index contributed by atoms with van der Waals surface area (Å²) in [5.41, 5.74) is 2.62. The first-order chi connectivity index (χ1) is 15.2. The highest BCUT2D eigenvalue weighted by Crippen LogP contribution is 2.38. The summed E-state index contributed by atoms with van der Waals surface area (Å²) in [6, 6.07) is 13.6. The molecule has 2 aliphatic heterocycles. The minimum atomic E-state index is -0.119. The van der Waals surface area contributed by atoms with Crippen molar-refractivity contribution in [2.75, 3.05) is 19.8 Å². The topological polar surface area (TPSA) is 65.7 Å². The lowest BCUT2D eigenvalue weighted by Gasteiger charge is -2.27. The van der Waals surface area contributed by atoms with E-state index in [0.29, 0.717) is 26.3 Å². The summed E-state index contributed by atoms with van der Waals surface area (Å²) >= 11 is 0. The number of fused-ring (bicyclic) bond motifs is 2. The normalized spacial score (nSPS) is 18.0. The second-order valence-corrected chi connectivity index (χ2v) is 8.16. The summed E-state index contributed by atoms with van der Waals surface area (Å²) in [5.74, 6) is 1.46. The van der Waals surface area contributed by atoms with Gasteiger partial charge in [-0.15, -0.1) is 0 Å². The number of likely N-dealkylation sites (tertiary alicyclic amines) is 1. The van der Waals surface area contributed by atoms with Gasteiger partial charge >= 0.3 is 5.69 Å². The molecule has 0 unspecified atom stereocenters. The molecule has 2 aromatic carbocycles. The number of aromatic nitrogens is 2. The first-order valence-electron chi connectivity index (χ1n) is 11.0. The molecule has 1 amide bonds. The molecule has 1 atom stereocenters. The van der Waals surface area contributed by atoms with Crippen molar-refractivity contribution >= 4 is 16.9 Å². The Hall–Kier alpha value is -3.22. The molecule has 0 aliphatic carbocycles. The molecule has 5 rings (SSSR count). The molecule has 1 aromatic heterocycles. The average Bonchev–Trinajstić information content (AvgIpc) is 3.39. The van der Waals surface area contributed by atoms with Gasteiger partial charge in [0.15, 0.2) is 11.5 Å². The zero-order chi connectivity index (χ0) is 21.4. The van der Waals surface area contributed by atoms with E-state index in [4.69, 9.17) is 9.47 Å². The molecule has 0 saturated carbocycles. The third-order valence-electron chi connectivity index (χ3n) is 6.19. The first-order valence-corrected chi connectivity index (χ1v) is 11.0. The summed E-state index contributed by atoms with van der Waals surface area (Å²) in [6.07, 6.45) is 2.70. The molecule has 1 fully saturated rings. The Morgan fingerprint density at radius 1 is 1.03 bits per heavy atom. The molecule has 2 aliphatic rings. The van der Waals surface area contributed by atoms with Crippen LogP contribution in [0.25, 0.3) is 11.0 Å². The zero-order valence-corrected chi connectivity index (χ0v) is 17.8. The van der Waals surface area contributed by atoms with Crippen LogP contribution in [0, 0.1) is 0 Å². The number of hydrogen-bond donors (Lipinski definition) is 0. The van der Waals surface area contributed by atoms with Crippen LogP contribution in [0.5, 0.6) is 11.5 Å². The van der Waals surface area contributed by atoms with Gasteiger partial charge in [0.1, 0.15) is 19.8 Å². The van der Waals surface area contributed by atoms with Gasteiger partial charge in [-0.2, -0.15) is 0 Å². The Bertz CT molecular complexity index is 1180. The lowest BCUT2D eigenvalue weighted by atomic mass is 10.0. The van der Waals surface area contributed by atoms with E-state index in [-0.39, 0.29) is 24.2 Å². The van der Waals surface area contributed by atoms with Crippen LogP contribution in [-0.2, 0) is 17.9 Å². The van der Waals surface area contributed by atoms with Gasteiger partial charge in [0.05, 0.1) is 17.1 Å². The highest BCUT2D eigenvalue weighted by atomic mass is 16.6. The number of amides is 1. The second kappa shape index (κ2) is 8.13. The highest BCUT2D eigenvalue weighted by Gasteiger charge is 2.31. The SMILES string of the molecule is CCCn1c(=O)n(CC(=O)N2CCC[C@H]2c2ccc3c(c2)OCCO3)c2ccccc21. The summed E-state index contributed by atoms with van der Waals surface area (Å²) in [5, 5.41) is 0. The zero-order valence-electron chi connectivity index (χ0n) is 17.8. The van der Waals surface area contributed by atoms with Crippen LogP contribution in [0.2, 0.25) is 0 Å². The van der Waals surface area contributed by atoms with Gasteiger partial charge < -0.3 is 14.4 Å². The number of carbonyl (C=O) groups is 1. The largest absolute Gasteiger partial charge is 0.486 e. The number of ether oxygens (including phenoxy) is 2. The molecule has 0 bridgehead atoms. The summed E-state index contributed by atoms with van der Waals surface area (Å²) in [7, 11) is 0. The van der Waals surface area contributed by atoms with Crippen LogP contribution in [0.4, 0.5) is 0 Å². The fourth-order valence-electron chi connectivity index (χ4n) is 4.77.